The summed E-state index contributed by atoms with van der Waals surface area (Å²) in [5.74, 6) is 0. The number of benzene rings is 1. The fourth-order valence-electron chi connectivity index (χ4n) is 1.52. The minimum atomic E-state index is -4.51. The van der Waals surface area contributed by atoms with Gasteiger partial charge in [-0.15, -0.1) is 0 Å². The van der Waals surface area contributed by atoms with E-state index in [4.69, 9.17) is 0 Å². The van der Waals surface area contributed by atoms with Crippen LogP contribution in [0.25, 0.3) is 10.8 Å². The Morgan fingerprint density at radius 1 is 1.25 bits per heavy atom. The predicted molar refractivity (Wildman–Crippen MR) is 62.3 cm³/mol. The summed E-state index contributed by atoms with van der Waals surface area (Å²) in [5, 5.41) is -0.0154. The first-order chi connectivity index (χ1) is 7.39. The summed E-state index contributed by atoms with van der Waals surface area (Å²) < 4.78 is 38.4. The van der Waals surface area contributed by atoms with Crippen LogP contribution in [-0.4, -0.2) is 4.98 Å². The van der Waals surface area contributed by atoms with E-state index in [-0.39, 0.29) is 5.39 Å². The van der Waals surface area contributed by atoms with E-state index in [2.05, 4.69) is 4.98 Å². The standard InChI is InChI=1S/C10H5F3INO/c11-10(12,13)6-3-1-2-5-4-7(14)15-9(16)8(5)6/h1-4H,(H,15,16). The van der Waals surface area contributed by atoms with Gasteiger partial charge in [0.15, 0.2) is 0 Å². The molecule has 0 aliphatic rings. The summed E-state index contributed by atoms with van der Waals surface area (Å²) in [7, 11) is 0. The molecule has 2 rings (SSSR count). The molecule has 0 unspecified atom stereocenters. The molecule has 0 radical (unpaired) electrons. The molecule has 1 aromatic carbocycles. The lowest BCUT2D eigenvalue weighted by molar-refractivity contribution is -0.136. The molecule has 84 valence electrons. The molecule has 0 saturated carbocycles. The van der Waals surface area contributed by atoms with Crippen molar-refractivity contribution in [2.45, 2.75) is 6.18 Å². The van der Waals surface area contributed by atoms with Crippen LogP contribution in [0.1, 0.15) is 5.56 Å². The molecular formula is C10H5F3INO. The van der Waals surface area contributed by atoms with Crippen molar-refractivity contribution in [1.82, 2.24) is 4.98 Å². The van der Waals surface area contributed by atoms with Crippen LogP contribution < -0.4 is 5.56 Å². The van der Waals surface area contributed by atoms with E-state index in [1.165, 1.54) is 18.2 Å². The van der Waals surface area contributed by atoms with Gasteiger partial charge in [0.05, 0.1) is 14.7 Å². The lowest BCUT2D eigenvalue weighted by Gasteiger charge is -2.09. The fourth-order valence-corrected chi connectivity index (χ4v) is 2.10. The summed E-state index contributed by atoms with van der Waals surface area (Å²) in [5.41, 5.74) is -1.61. The van der Waals surface area contributed by atoms with Gasteiger partial charge in [-0.05, 0) is 40.1 Å². The Morgan fingerprint density at radius 2 is 1.94 bits per heavy atom. The summed E-state index contributed by atoms with van der Waals surface area (Å²) in [6, 6.07) is 5.19. The summed E-state index contributed by atoms with van der Waals surface area (Å²) >= 11 is 1.85. The third-order valence-electron chi connectivity index (χ3n) is 2.14. The van der Waals surface area contributed by atoms with Crippen molar-refractivity contribution < 1.29 is 13.2 Å². The second-order valence-electron chi connectivity index (χ2n) is 3.21. The number of rotatable bonds is 0. The molecule has 0 saturated heterocycles. The van der Waals surface area contributed by atoms with Crippen LogP contribution in [-0.2, 0) is 6.18 Å². The molecule has 2 nitrogen and oxygen atoms in total. The highest BCUT2D eigenvalue weighted by molar-refractivity contribution is 14.1. The summed E-state index contributed by atoms with van der Waals surface area (Å²) in [6.07, 6.45) is -4.51. The Morgan fingerprint density at radius 3 is 2.56 bits per heavy atom. The molecule has 16 heavy (non-hydrogen) atoms. The van der Waals surface area contributed by atoms with E-state index in [9.17, 15) is 18.0 Å². The van der Waals surface area contributed by atoms with Crippen LogP contribution in [0.3, 0.4) is 0 Å². The van der Waals surface area contributed by atoms with Crippen molar-refractivity contribution in [3.63, 3.8) is 0 Å². The topological polar surface area (TPSA) is 32.9 Å². The number of hydrogen-bond donors (Lipinski definition) is 1. The van der Waals surface area contributed by atoms with Crippen LogP contribution in [0, 0.1) is 3.70 Å². The first-order valence-corrected chi connectivity index (χ1v) is 5.36. The second kappa shape index (κ2) is 3.76. The van der Waals surface area contributed by atoms with E-state index < -0.39 is 17.3 Å². The second-order valence-corrected chi connectivity index (χ2v) is 4.38. The van der Waals surface area contributed by atoms with Gasteiger partial charge in [0.2, 0.25) is 0 Å². The molecule has 6 heteroatoms. The van der Waals surface area contributed by atoms with E-state index in [1.807, 2.05) is 22.6 Å². The molecule has 0 spiro atoms. The van der Waals surface area contributed by atoms with Crippen LogP contribution in [0.4, 0.5) is 13.2 Å². The number of alkyl halides is 3. The molecule has 0 aliphatic carbocycles. The zero-order valence-corrected chi connectivity index (χ0v) is 9.89. The van der Waals surface area contributed by atoms with Crippen LogP contribution in [0.15, 0.2) is 29.1 Å². The van der Waals surface area contributed by atoms with Crippen LogP contribution in [0.2, 0.25) is 0 Å². The lowest BCUT2D eigenvalue weighted by atomic mass is 10.1. The van der Waals surface area contributed by atoms with Gasteiger partial charge in [0.25, 0.3) is 5.56 Å². The van der Waals surface area contributed by atoms with Crippen LogP contribution in [0.5, 0.6) is 0 Å². The van der Waals surface area contributed by atoms with E-state index >= 15 is 0 Å². The maximum Gasteiger partial charge on any atom is 0.417 e. The average molecular weight is 339 g/mol. The average Bonchev–Trinajstić information content (AvgIpc) is 2.14. The van der Waals surface area contributed by atoms with Gasteiger partial charge in [-0.2, -0.15) is 13.2 Å². The van der Waals surface area contributed by atoms with E-state index in [0.717, 1.165) is 6.07 Å². The van der Waals surface area contributed by atoms with Gasteiger partial charge >= 0.3 is 6.18 Å². The van der Waals surface area contributed by atoms with Gasteiger partial charge < -0.3 is 4.98 Å². The number of H-pyrrole nitrogens is 1. The highest BCUT2D eigenvalue weighted by atomic mass is 127. The van der Waals surface area contributed by atoms with Crippen molar-refractivity contribution in [3.05, 3.63) is 43.9 Å². The Bertz CT molecular complexity index is 603. The summed E-state index contributed by atoms with van der Waals surface area (Å²) in [4.78, 5) is 13.9. The van der Waals surface area contributed by atoms with Gasteiger partial charge in [-0.3, -0.25) is 4.79 Å². The fraction of sp³-hybridized carbons (Fsp3) is 0.100. The van der Waals surface area contributed by atoms with Gasteiger partial charge in [-0.25, -0.2) is 0 Å². The van der Waals surface area contributed by atoms with E-state index in [1.54, 1.807) is 0 Å². The third-order valence-corrected chi connectivity index (χ3v) is 2.73. The van der Waals surface area contributed by atoms with Crippen molar-refractivity contribution >= 4 is 33.4 Å². The molecule has 2 aromatic rings. The van der Waals surface area contributed by atoms with Crippen molar-refractivity contribution in [2.24, 2.45) is 0 Å². The molecule has 1 aromatic heterocycles. The number of aromatic amines is 1. The SMILES string of the molecule is O=c1[nH]c(I)cc2cccc(C(F)(F)F)c12. The Balaban J connectivity index is 2.93. The van der Waals surface area contributed by atoms with E-state index in [0.29, 0.717) is 9.09 Å². The monoisotopic (exact) mass is 339 g/mol. The molecule has 1 N–H and O–H groups in total. The Labute approximate surface area is 102 Å². The number of pyridine rings is 1. The Hall–Kier alpha value is -1.05. The number of aromatic nitrogens is 1. The zero-order valence-electron chi connectivity index (χ0n) is 7.73. The minimum absolute atomic E-state index is 0.294. The number of nitrogens with one attached hydrogen (secondary N) is 1. The number of fused-ring (bicyclic) bond motifs is 1. The largest absolute Gasteiger partial charge is 0.417 e. The quantitative estimate of drug-likeness (QED) is 0.581. The van der Waals surface area contributed by atoms with Crippen molar-refractivity contribution in [2.75, 3.05) is 0 Å². The first kappa shape index (κ1) is 11.4. The first-order valence-electron chi connectivity index (χ1n) is 4.28. The third kappa shape index (κ3) is 1.93. The van der Waals surface area contributed by atoms with Crippen molar-refractivity contribution in [1.29, 1.82) is 0 Å². The highest BCUT2D eigenvalue weighted by Crippen LogP contribution is 2.33. The van der Waals surface area contributed by atoms with Gasteiger partial charge in [-0.1, -0.05) is 12.1 Å². The Kier molecular flexibility index (Phi) is 2.69. The lowest BCUT2D eigenvalue weighted by Crippen LogP contribution is -2.14. The van der Waals surface area contributed by atoms with Gasteiger partial charge in [0.1, 0.15) is 0 Å². The molecular weight excluding hydrogens is 334 g/mol. The normalized spacial score (nSPS) is 12.0. The zero-order chi connectivity index (χ0) is 11.9. The number of hydrogen-bond acceptors (Lipinski definition) is 1. The van der Waals surface area contributed by atoms with Crippen LogP contribution >= 0.6 is 22.6 Å². The smallest absolute Gasteiger partial charge is 0.317 e. The summed E-state index contributed by atoms with van der Waals surface area (Å²) in [6.45, 7) is 0. The molecule has 0 aliphatic heterocycles. The maximum absolute atomic E-state index is 12.6. The molecule has 0 atom stereocenters. The molecule has 0 amide bonds. The van der Waals surface area contributed by atoms with Crippen molar-refractivity contribution in [3.8, 4) is 0 Å². The highest BCUT2D eigenvalue weighted by Gasteiger charge is 2.33. The maximum atomic E-state index is 12.6. The molecule has 1 heterocycles. The molecule has 0 fully saturated rings. The minimum Gasteiger partial charge on any atom is -0.317 e. The molecule has 0 bridgehead atoms. The van der Waals surface area contributed by atoms with Gasteiger partial charge in [0, 0.05) is 0 Å². The predicted octanol–water partition coefficient (Wildman–Crippen LogP) is 3.15. The number of halogens is 4.